The molecule has 5 heteroatoms. The Bertz CT molecular complexity index is 1280. The van der Waals surface area contributed by atoms with Crippen molar-refractivity contribution in [2.45, 2.75) is 39.2 Å². The van der Waals surface area contributed by atoms with E-state index in [1.54, 1.807) is 6.33 Å². The van der Waals surface area contributed by atoms with Crippen LogP contribution in [0.25, 0.3) is 33.5 Å². The van der Waals surface area contributed by atoms with Crippen molar-refractivity contribution in [2.75, 3.05) is 0 Å². The molecule has 28 heavy (non-hydrogen) atoms. The minimum Gasteiger partial charge on any atom is -0.430 e. The molecule has 0 radical (unpaired) electrons. The number of allylic oxidation sites excluding steroid dienone is 1. The maximum Gasteiger partial charge on any atom is 0.297 e. The molecular formula is C23H21N3O2. The van der Waals surface area contributed by atoms with E-state index < -0.39 is 0 Å². The van der Waals surface area contributed by atoms with Gasteiger partial charge in [0, 0.05) is 12.1 Å². The standard InChI is InChI=1S/C23H21N3O2/c1-14(2)12-26-13-24-20-18-16-10-6-7-11-17(16)19(15-8-4-3-5-9-15)25-22(18)28-21(20)23(26)27/h3-5,8-9,13H,1,6-7,10-12H2,2H3. The van der Waals surface area contributed by atoms with E-state index >= 15 is 0 Å². The molecule has 0 spiro atoms. The van der Waals surface area contributed by atoms with Crippen molar-refractivity contribution in [3.8, 4) is 11.3 Å². The summed E-state index contributed by atoms with van der Waals surface area (Å²) < 4.78 is 7.54. The van der Waals surface area contributed by atoms with Crippen LogP contribution >= 0.6 is 0 Å². The van der Waals surface area contributed by atoms with E-state index in [0.29, 0.717) is 17.8 Å². The highest BCUT2D eigenvalue weighted by atomic mass is 16.3. The Balaban J connectivity index is 1.84. The van der Waals surface area contributed by atoms with Crippen LogP contribution in [0.4, 0.5) is 0 Å². The van der Waals surface area contributed by atoms with Crippen molar-refractivity contribution in [1.29, 1.82) is 0 Å². The molecule has 5 nitrogen and oxygen atoms in total. The molecule has 0 saturated carbocycles. The van der Waals surface area contributed by atoms with Crippen molar-refractivity contribution in [2.24, 2.45) is 0 Å². The number of rotatable bonds is 3. The van der Waals surface area contributed by atoms with Crippen LogP contribution in [0.15, 0.2) is 58.0 Å². The number of nitrogens with zero attached hydrogens (tertiary/aromatic N) is 3. The van der Waals surface area contributed by atoms with E-state index in [2.05, 4.69) is 23.7 Å². The number of benzene rings is 1. The third-order valence-corrected chi connectivity index (χ3v) is 5.40. The zero-order valence-corrected chi connectivity index (χ0v) is 15.9. The molecular weight excluding hydrogens is 350 g/mol. The van der Waals surface area contributed by atoms with Crippen LogP contribution < -0.4 is 5.56 Å². The first-order chi connectivity index (χ1) is 13.6. The van der Waals surface area contributed by atoms with Gasteiger partial charge in [-0.3, -0.25) is 9.36 Å². The van der Waals surface area contributed by atoms with Gasteiger partial charge >= 0.3 is 0 Å². The molecule has 0 saturated heterocycles. The number of fused-ring (bicyclic) bond motifs is 5. The lowest BCUT2D eigenvalue weighted by Crippen LogP contribution is -2.20. The fourth-order valence-electron chi connectivity index (χ4n) is 4.19. The summed E-state index contributed by atoms with van der Waals surface area (Å²) in [6.45, 7) is 6.21. The lowest BCUT2D eigenvalue weighted by atomic mass is 9.87. The molecule has 1 aromatic carbocycles. The van der Waals surface area contributed by atoms with Crippen molar-refractivity contribution in [3.63, 3.8) is 0 Å². The van der Waals surface area contributed by atoms with E-state index in [-0.39, 0.29) is 11.1 Å². The highest BCUT2D eigenvalue weighted by Gasteiger charge is 2.25. The summed E-state index contributed by atoms with van der Waals surface area (Å²) in [7, 11) is 0. The third-order valence-electron chi connectivity index (χ3n) is 5.40. The predicted molar refractivity (Wildman–Crippen MR) is 110 cm³/mol. The second kappa shape index (κ2) is 6.44. The van der Waals surface area contributed by atoms with E-state index in [0.717, 1.165) is 47.9 Å². The lowest BCUT2D eigenvalue weighted by Gasteiger charge is -2.19. The maximum absolute atomic E-state index is 12.9. The average molecular weight is 371 g/mol. The summed E-state index contributed by atoms with van der Waals surface area (Å²) in [5.74, 6) is 0. The SMILES string of the molecule is C=C(C)Cn1cnc2c(oc3nc(-c4ccccc4)c4c(c32)CCCC4)c1=O. The van der Waals surface area contributed by atoms with Crippen molar-refractivity contribution in [3.05, 3.63) is 70.3 Å². The molecule has 0 aliphatic heterocycles. The first kappa shape index (κ1) is 16.9. The molecule has 0 fully saturated rings. The molecule has 0 amide bonds. The topological polar surface area (TPSA) is 60.9 Å². The number of hydrogen-bond acceptors (Lipinski definition) is 4. The summed E-state index contributed by atoms with van der Waals surface area (Å²) in [6, 6.07) is 10.2. The number of aryl methyl sites for hydroxylation is 1. The first-order valence-electron chi connectivity index (χ1n) is 9.66. The highest BCUT2D eigenvalue weighted by Crippen LogP contribution is 2.38. The minimum atomic E-state index is -0.183. The van der Waals surface area contributed by atoms with Crippen LogP contribution in [0.2, 0.25) is 0 Å². The monoisotopic (exact) mass is 371 g/mol. The molecule has 4 aromatic rings. The zero-order valence-electron chi connectivity index (χ0n) is 15.9. The summed E-state index contributed by atoms with van der Waals surface area (Å²) in [5.41, 5.74) is 6.66. The Morgan fingerprint density at radius 1 is 1.18 bits per heavy atom. The smallest absolute Gasteiger partial charge is 0.297 e. The number of furan rings is 1. The summed E-state index contributed by atoms with van der Waals surface area (Å²) >= 11 is 0. The normalized spacial score (nSPS) is 13.8. The Kier molecular flexibility index (Phi) is 3.90. The van der Waals surface area contributed by atoms with E-state index in [1.165, 1.54) is 15.7 Å². The Morgan fingerprint density at radius 2 is 1.93 bits per heavy atom. The van der Waals surface area contributed by atoms with Gasteiger partial charge in [-0.2, -0.15) is 0 Å². The van der Waals surface area contributed by atoms with E-state index in [9.17, 15) is 4.79 Å². The van der Waals surface area contributed by atoms with Crippen molar-refractivity contribution < 1.29 is 4.42 Å². The molecule has 0 bridgehead atoms. The van der Waals surface area contributed by atoms with Crippen LogP contribution in [0.1, 0.15) is 30.9 Å². The molecule has 0 N–H and O–H groups in total. The van der Waals surface area contributed by atoms with Gasteiger partial charge < -0.3 is 4.42 Å². The van der Waals surface area contributed by atoms with Gasteiger partial charge in [-0.15, -0.1) is 0 Å². The third kappa shape index (κ3) is 2.58. The minimum absolute atomic E-state index is 0.183. The van der Waals surface area contributed by atoms with Gasteiger partial charge in [0.05, 0.1) is 17.4 Å². The predicted octanol–water partition coefficient (Wildman–Crippen LogP) is 4.66. The summed E-state index contributed by atoms with van der Waals surface area (Å²) in [4.78, 5) is 22.4. The fraction of sp³-hybridized carbons (Fsp3) is 0.261. The van der Waals surface area contributed by atoms with E-state index in [4.69, 9.17) is 9.40 Å². The molecule has 3 heterocycles. The van der Waals surface area contributed by atoms with Crippen LogP contribution in [0, 0.1) is 0 Å². The van der Waals surface area contributed by atoms with Crippen molar-refractivity contribution >= 4 is 22.2 Å². The molecule has 0 unspecified atom stereocenters. The summed E-state index contributed by atoms with van der Waals surface area (Å²) in [6.07, 6.45) is 5.81. The lowest BCUT2D eigenvalue weighted by molar-refractivity contribution is 0.628. The van der Waals surface area contributed by atoms with E-state index in [1.807, 2.05) is 25.1 Å². The first-order valence-corrected chi connectivity index (χ1v) is 9.66. The summed E-state index contributed by atoms with van der Waals surface area (Å²) in [5, 5.41) is 0.906. The maximum atomic E-state index is 12.9. The Hall–Kier alpha value is -3.21. The van der Waals surface area contributed by atoms with Crippen LogP contribution in [-0.2, 0) is 19.4 Å². The highest BCUT2D eigenvalue weighted by molar-refractivity contribution is 6.04. The largest absolute Gasteiger partial charge is 0.430 e. The van der Waals surface area contributed by atoms with Gasteiger partial charge in [0.2, 0.25) is 11.3 Å². The number of pyridine rings is 1. The fourth-order valence-corrected chi connectivity index (χ4v) is 4.19. The van der Waals surface area contributed by atoms with Crippen LogP contribution in [0.3, 0.4) is 0 Å². The average Bonchev–Trinajstić information content (AvgIpc) is 3.09. The van der Waals surface area contributed by atoms with Crippen LogP contribution in [0.5, 0.6) is 0 Å². The zero-order chi connectivity index (χ0) is 19.3. The molecule has 1 aliphatic rings. The van der Waals surface area contributed by atoms with Crippen LogP contribution in [-0.4, -0.2) is 14.5 Å². The number of aromatic nitrogens is 3. The van der Waals surface area contributed by atoms with Crippen molar-refractivity contribution in [1.82, 2.24) is 14.5 Å². The second-order valence-corrected chi connectivity index (χ2v) is 7.59. The quantitative estimate of drug-likeness (QED) is 0.492. The van der Waals surface area contributed by atoms with Gasteiger partial charge in [0.15, 0.2) is 0 Å². The Labute approximate surface area is 162 Å². The van der Waals surface area contributed by atoms with Gasteiger partial charge in [0.1, 0.15) is 5.52 Å². The van der Waals surface area contributed by atoms with Gasteiger partial charge in [-0.1, -0.05) is 42.5 Å². The van der Waals surface area contributed by atoms with Gasteiger partial charge in [0.25, 0.3) is 5.56 Å². The molecule has 5 rings (SSSR count). The molecule has 3 aromatic heterocycles. The van der Waals surface area contributed by atoms with Gasteiger partial charge in [-0.25, -0.2) is 9.97 Å². The molecule has 1 aliphatic carbocycles. The number of hydrogen-bond donors (Lipinski definition) is 0. The molecule has 0 atom stereocenters. The molecule has 140 valence electrons. The Morgan fingerprint density at radius 3 is 2.68 bits per heavy atom. The second-order valence-electron chi connectivity index (χ2n) is 7.59. The van der Waals surface area contributed by atoms with Gasteiger partial charge in [-0.05, 0) is 43.7 Å².